The molecular weight excluding hydrogens is 889 g/mol. The molecule has 0 heterocycles. The van der Waals surface area contributed by atoms with Crippen molar-refractivity contribution in [3.05, 3.63) is 12.2 Å². The molecule has 0 aromatic rings. The monoisotopic (exact) mass is 1010 g/mol. The minimum absolute atomic E-state index is 0.0661. The average molecular weight is 1020 g/mol. The minimum Gasteiger partial charge on any atom is -0.462 e. The second-order valence-corrected chi connectivity index (χ2v) is 22.4. The molecule has 0 aliphatic rings. The average Bonchev–Trinajstić information content (AvgIpc) is 3.38. The van der Waals surface area contributed by atoms with Crippen molar-refractivity contribution in [2.45, 2.75) is 380 Å². The molecule has 0 spiro atoms. The van der Waals surface area contributed by atoms with Gasteiger partial charge in [0.1, 0.15) is 13.2 Å². The summed E-state index contributed by atoms with van der Waals surface area (Å²) in [6.07, 6.45) is 72.3. The van der Waals surface area contributed by atoms with E-state index in [4.69, 9.17) is 14.2 Å². The number of ether oxygens (including phenoxy) is 3. The third-order valence-electron chi connectivity index (χ3n) is 15.0. The number of carbonyl (C=O) groups is 3. The Hall–Kier alpha value is -1.85. The molecule has 426 valence electrons. The molecule has 1 unspecified atom stereocenters. The molecule has 0 amide bonds. The summed E-state index contributed by atoms with van der Waals surface area (Å²) in [5.74, 6) is -0.846. The fourth-order valence-corrected chi connectivity index (χ4v) is 10.1. The van der Waals surface area contributed by atoms with Crippen molar-refractivity contribution >= 4 is 17.9 Å². The fourth-order valence-electron chi connectivity index (χ4n) is 10.1. The number of hydrogen-bond acceptors (Lipinski definition) is 6. The van der Waals surface area contributed by atoms with Crippen molar-refractivity contribution < 1.29 is 28.6 Å². The summed E-state index contributed by atoms with van der Waals surface area (Å²) in [5.41, 5.74) is 0. The second kappa shape index (κ2) is 61.7. The zero-order chi connectivity index (χ0) is 52.2. The summed E-state index contributed by atoms with van der Waals surface area (Å²) in [6, 6.07) is 0. The van der Waals surface area contributed by atoms with Crippen LogP contribution in [-0.4, -0.2) is 37.2 Å². The summed E-state index contributed by atoms with van der Waals surface area (Å²) in [4.78, 5) is 38.2. The largest absolute Gasteiger partial charge is 0.462 e. The number of esters is 3. The number of rotatable bonds is 61. The normalized spacial score (nSPS) is 12.0. The molecule has 72 heavy (non-hydrogen) atoms. The Morgan fingerprint density at radius 2 is 0.472 bits per heavy atom. The van der Waals surface area contributed by atoms with Gasteiger partial charge in [0.15, 0.2) is 6.10 Å². The van der Waals surface area contributed by atoms with E-state index in [1.165, 1.54) is 270 Å². The first kappa shape index (κ1) is 70.1. The lowest BCUT2D eigenvalue weighted by molar-refractivity contribution is -0.167. The standard InChI is InChI=1S/C66H126O6/c1-4-7-10-13-16-19-22-24-26-28-30-31-32-33-34-36-37-39-41-44-47-50-53-56-59-65(68)71-62-63(61-70-64(67)58-55-52-49-46-43-21-18-15-12-9-6-3)72-66(69)60-57-54-51-48-45-42-40-38-35-29-27-25-23-20-17-14-11-8-5-2/h15,18,63H,4-14,16-17,19-62H2,1-3H3/b18-15-. The molecule has 0 saturated heterocycles. The van der Waals surface area contributed by atoms with Gasteiger partial charge in [-0.2, -0.15) is 0 Å². The Bertz CT molecular complexity index is 1120. The van der Waals surface area contributed by atoms with Crippen LogP contribution >= 0.6 is 0 Å². The number of unbranched alkanes of at least 4 members (excludes halogenated alkanes) is 48. The van der Waals surface area contributed by atoms with Crippen molar-refractivity contribution in [3.8, 4) is 0 Å². The van der Waals surface area contributed by atoms with Crippen LogP contribution in [0.15, 0.2) is 12.2 Å². The molecule has 1 atom stereocenters. The molecule has 0 aromatic heterocycles. The van der Waals surface area contributed by atoms with Crippen LogP contribution in [0.5, 0.6) is 0 Å². The van der Waals surface area contributed by atoms with E-state index in [0.29, 0.717) is 19.3 Å². The Morgan fingerprint density at radius 1 is 0.264 bits per heavy atom. The number of allylic oxidation sites excluding steroid dienone is 2. The Balaban J connectivity index is 4.18. The van der Waals surface area contributed by atoms with Gasteiger partial charge < -0.3 is 14.2 Å². The molecule has 0 aliphatic carbocycles. The highest BCUT2D eigenvalue weighted by Crippen LogP contribution is 2.19. The smallest absolute Gasteiger partial charge is 0.306 e. The molecular formula is C66H126O6. The zero-order valence-corrected chi connectivity index (χ0v) is 49.0. The molecule has 0 aromatic carbocycles. The van der Waals surface area contributed by atoms with Crippen molar-refractivity contribution in [2.24, 2.45) is 0 Å². The lowest BCUT2D eigenvalue weighted by atomic mass is 10.0. The van der Waals surface area contributed by atoms with Gasteiger partial charge >= 0.3 is 17.9 Å². The molecule has 0 aliphatic heterocycles. The van der Waals surface area contributed by atoms with E-state index in [1.54, 1.807) is 0 Å². The maximum atomic E-state index is 12.9. The van der Waals surface area contributed by atoms with Crippen molar-refractivity contribution in [1.29, 1.82) is 0 Å². The second-order valence-electron chi connectivity index (χ2n) is 22.4. The predicted octanol–water partition coefficient (Wildman–Crippen LogP) is 22.1. The molecule has 6 nitrogen and oxygen atoms in total. The molecule has 0 bridgehead atoms. The van der Waals surface area contributed by atoms with Crippen LogP contribution < -0.4 is 0 Å². The van der Waals surface area contributed by atoms with Gasteiger partial charge in [-0.15, -0.1) is 0 Å². The maximum Gasteiger partial charge on any atom is 0.306 e. The van der Waals surface area contributed by atoms with Gasteiger partial charge in [0, 0.05) is 19.3 Å². The highest BCUT2D eigenvalue weighted by molar-refractivity contribution is 5.71. The quantitative estimate of drug-likeness (QED) is 0.0261. The SMILES string of the molecule is CCCC/C=C\CCCCCCCC(=O)OCC(COC(=O)CCCCCCCCCCCCCCCCCCCCCCCCCC)OC(=O)CCCCCCCCCCCCCCCCCCCCC. The van der Waals surface area contributed by atoms with Crippen LogP contribution in [0, 0.1) is 0 Å². The van der Waals surface area contributed by atoms with E-state index in [2.05, 4.69) is 32.9 Å². The molecule has 0 rings (SSSR count). The van der Waals surface area contributed by atoms with Gasteiger partial charge in [0.2, 0.25) is 0 Å². The summed E-state index contributed by atoms with van der Waals surface area (Å²) >= 11 is 0. The van der Waals surface area contributed by atoms with Gasteiger partial charge in [-0.25, -0.2) is 0 Å². The third kappa shape index (κ3) is 59.0. The Labute approximate surface area is 450 Å². The van der Waals surface area contributed by atoms with E-state index in [0.717, 1.165) is 64.2 Å². The molecule has 6 heteroatoms. The van der Waals surface area contributed by atoms with Crippen LogP contribution in [-0.2, 0) is 28.6 Å². The lowest BCUT2D eigenvalue weighted by Crippen LogP contribution is -2.30. The topological polar surface area (TPSA) is 78.9 Å². The first-order valence-corrected chi connectivity index (χ1v) is 32.7. The van der Waals surface area contributed by atoms with Gasteiger partial charge in [0.25, 0.3) is 0 Å². The van der Waals surface area contributed by atoms with Crippen molar-refractivity contribution in [3.63, 3.8) is 0 Å². The van der Waals surface area contributed by atoms with E-state index in [9.17, 15) is 14.4 Å². The number of hydrogen-bond donors (Lipinski definition) is 0. The number of carbonyl (C=O) groups excluding carboxylic acids is 3. The first-order chi connectivity index (χ1) is 35.5. The molecule has 0 radical (unpaired) electrons. The summed E-state index contributed by atoms with van der Waals surface area (Å²) < 4.78 is 16.9. The molecule has 0 N–H and O–H groups in total. The Morgan fingerprint density at radius 3 is 0.736 bits per heavy atom. The van der Waals surface area contributed by atoms with Crippen LogP contribution in [0.4, 0.5) is 0 Å². The summed E-state index contributed by atoms with van der Waals surface area (Å²) in [5, 5.41) is 0. The molecule has 0 fully saturated rings. The minimum atomic E-state index is -0.768. The lowest BCUT2D eigenvalue weighted by Gasteiger charge is -2.18. The Kier molecular flexibility index (Phi) is 60.1. The van der Waals surface area contributed by atoms with Gasteiger partial charge in [-0.3, -0.25) is 14.4 Å². The third-order valence-corrected chi connectivity index (χ3v) is 15.0. The highest BCUT2D eigenvalue weighted by atomic mass is 16.6. The van der Waals surface area contributed by atoms with Gasteiger partial charge in [-0.05, 0) is 38.5 Å². The van der Waals surface area contributed by atoms with Crippen molar-refractivity contribution in [1.82, 2.24) is 0 Å². The van der Waals surface area contributed by atoms with Gasteiger partial charge in [0.05, 0.1) is 0 Å². The maximum absolute atomic E-state index is 12.9. The van der Waals surface area contributed by atoms with Crippen LogP contribution in [0.3, 0.4) is 0 Å². The van der Waals surface area contributed by atoms with E-state index < -0.39 is 6.10 Å². The fraction of sp³-hybridized carbons (Fsp3) is 0.924. The van der Waals surface area contributed by atoms with Crippen LogP contribution in [0.1, 0.15) is 374 Å². The predicted molar refractivity (Wildman–Crippen MR) is 312 cm³/mol. The van der Waals surface area contributed by atoms with Gasteiger partial charge in [-0.1, -0.05) is 328 Å². The van der Waals surface area contributed by atoms with E-state index in [1.807, 2.05) is 0 Å². The van der Waals surface area contributed by atoms with Crippen LogP contribution in [0.2, 0.25) is 0 Å². The first-order valence-electron chi connectivity index (χ1n) is 32.7. The zero-order valence-electron chi connectivity index (χ0n) is 49.0. The van der Waals surface area contributed by atoms with Crippen molar-refractivity contribution in [2.75, 3.05) is 13.2 Å². The highest BCUT2D eigenvalue weighted by Gasteiger charge is 2.19. The van der Waals surface area contributed by atoms with E-state index >= 15 is 0 Å². The molecule has 0 saturated carbocycles. The summed E-state index contributed by atoms with van der Waals surface area (Å²) in [7, 11) is 0. The van der Waals surface area contributed by atoms with E-state index in [-0.39, 0.29) is 31.1 Å². The van der Waals surface area contributed by atoms with Crippen LogP contribution in [0.25, 0.3) is 0 Å². The summed E-state index contributed by atoms with van der Waals surface area (Å²) in [6.45, 7) is 6.67.